The van der Waals surface area contributed by atoms with Gasteiger partial charge in [-0.05, 0) is 25.1 Å². The third-order valence-electron chi connectivity index (χ3n) is 3.83. The van der Waals surface area contributed by atoms with Gasteiger partial charge in [0.15, 0.2) is 0 Å². The Morgan fingerprint density at radius 1 is 1.29 bits per heavy atom. The first-order valence-electron chi connectivity index (χ1n) is 7.65. The lowest BCUT2D eigenvalue weighted by Crippen LogP contribution is -2.48. The molecule has 0 radical (unpaired) electrons. The molecular formula is C16H16N6OS. The highest BCUT2D eigenvalue weighted by molar-refractivity contribution is 7.18. The zero-order chi connectivity index (χ0) is 16.5. The Morgan fingerprint density at radius 3 is 3.00 bits per heavy atom. The lowest BCUT2D eigenvalue weighted by atomic mass is 10.3. The van der Waals surface area contributed by atoms with Crippen molar-refractivity contribution in [3.8, 4) is 0 Å². The summed E-state index contributed by atoms with van der Waals surface area (Å²) < 4.78 is 0. The van der Waals surface area contributed by atoms with Crippen LogP contribution in [0, 0.1) is 6.92 Å². The molecule has 0 bridgehead atoms. The van der Waals surface area contributed by atoms with Crippen LogP contribution in [0.25, 0.3) is 10.2 Å². The maximum Gasteiger partial charge on any atom is 0.239 e. The molecule has 1 aliphatic heterocycles. The van der Waals surface area contributed by atoms with Crippen LogP contribution in [-0.2, 0) is 4.79 Å². The first-order valence-corrected chi connectivity index (χ1v) is 8.46. The fraction of sp³-hybridized carbons (Fsp3) is 0.250. The number of anilines is 3. The number of fused-ring (bicyclic) bond motifs is 1. The summed E-state index contributed by atoms with van der Waals surface area (Å²) in [7, 11) is 0. The van der Waals surface area contributed by atoms with Crippen molar-refractivity contribution in [3.63, 3.8) is 0 Å². The van der Waals surface area contributed by atoms with Gasteiger partial charge < -0.3 is 15.5 Å². The summed E-state index contributed by atoms with van der Waals surface area (Å²) >= 11 is 1.65. The molecule has 24 heavy (non-hydrogen) atoms. The second kappa shape index (κ2) is 6.04. The van der Waals surface area contributed by atoms with Crippen molar-refractivity contribution in [1.82, 2.24) is 20.3 Å². The van der Waals surface area contributed by atoms with Crippen LogP contribution in [0.1, 0.15) is 4.88 Å². The molecule has 4 heterocycles. The monoisotopic (exact) mass is 340 g/mol. The number of carbonyl (C=O) groups excluding carboxylic acids is 1. The van der Waals surface area contributed by atoms with E-state index < -0.39 is 0 Å². The molecular weight excluding hydrogens is 324 g/mol. The van der Waals surface area contributed by atoms with Gasteiger partial charge in [0.05, 0.1) is 23.8 Å². The molecule has 1 fully saturated rings. The summed E-state index contributed by atoms with van der Waals surface area (Å²) in [4.78, 5) is 28.7. The van der Waals surface area contributed by atoms with Gasteiger partial charge in [-0.15, -0.1) is 11.3 Å². The number of amides is 1. The lowest BCUT2D eigenvalue weighted by molar-refractivity contribution is -0.120. The predicted octanol–water partition coefficient (Wildman–Crippen LogP) is 2.07. The molecule has 0 atom stereocenters. The van der Waals surface area contributed by atoms with Gasteiger partial charge in [0, 0.05) is 18.0 Å². The molecule has 0 saturated carbocycles. The fourth-order valence-electron chi connectivity index (χ4n) is 2.69. The van der Waals surface area contributed by atoms with Crippen LogP contribution in [0.3, 0.4) is 0 Å². The first-order chi connectivity index (χ1) is 11.7. The Morgan fingerprint density at radius 2 is 2.21 bits per heavy atom. The van der Waals surface area contributed by atoms with Crippen molar-refractivity contribution in [3.05, 3.63) is 35.6 Å². The molecule has 0 aliphatic carbocycles. The number of hydrogen-bond donors (Lipinski definition) is 2. The second-order valence-corrected chi connectivity index (χ2v) is 6.83. The van der Waals surface area contributed by atoms with Crippen molar-refractivity contribution < 1.29 is 4.79 Å². The van der Waals surface area contributed by atoms with E-state index in [4.69, 9.17) is 0 Å². The number of nitrogens with zero attached hydrogens (tertiary/aromatic N) is 4. The minimum absolute atomic E-state index is 0.0291. The van der Waals surface area contributed by atoms with Gasteiger partial charge in [-0.1, -0.05) is 0 Å². The second-order valence-electron chi connectivity index (χ2n) is 5.60. The molecule has 0 unspecified atom stereocenters. The van der Waals surface area contributed by atoms with Crippen LogP contribution in [0.2, 0.25) is 0 Å². The molecule has 0 aromatic carbocycles. The zero-order valence-electron chi connectivity index (χ0n) is 13.1. The van der Waals surface area contributed by atoms with Gasteiger partial charge in [-0.2, -0.15) is 0 Å². The number of aryl methyl sites for hydroxylation is 1. The van der Waals surface area contributed by atoms with Crippen LogP contribution in [-0.4, -0.2) is 40.5 Å². The number of rotatable bonds is 3. The minimum atomic E-state index is 0.0291. The highest BCUT2D eigenvalue weighted by Crippen LogP contribution is 2.29. The summed E-state index contributed by atoms with van der Waals surface area (Å²) in [5, 5.41) is 7.12. The van der Waals surface area contributed by atoms with Gasteiger partial charge >= 0.3 is 0 Å². The maximum absolute atomic E-state index is 11.5. The Bertz CT molecular complexity index is 891. The summed E-state index contributed by atoms with van der Waals surface area (Å²) in [5.41, 5.74) is 0.851. The molecule has 1 aliphatic rings. The van der Waals surface area contributed by atoms with Crippen LogP contribution in [0.15, 0.2) is 30.7 Å². The van der Waals surface area contributed by atoms with E-state index in [0.29, 0.717) is 13.1 Å². The van der Waals surface area contributed by atoms with E-state index in [1.54, 1.807) is 23.9 Å². The van der Waals surface area contributed by atoms with Crippen molar-refractivity contribution >= 4 is 44.8 Å². The summed E-state index contributed by atoms with van der Waals surface area (Å²) in [6.45, 7) is 3.82. The average Bonchev–Trinajstić information content (AvgIpc) is 2.97. The summed E-state index contributed by atoms with van der Waals surface area (Å²) in [6, 6.07) is 5.94. The molecule has 1 amide bonds. The van der Waals surface area contributed by atoms with E-state index in [9.17, 15) is 4.79 Å². The predicted molar refractivity (Wildman–Crippen MR) is 94.9 cm³/mol. The van der Waals surface area contributed by atoms with Gasteiger partial charge in [0.1, 0.15) is 22.8 Å². The number of hydrogen-bond acceptors (Lipinski definition) is 7. The van der Waals surface area contributed by atoms with Crippen LogP contribution in [0.5, 0.6) is 0 Å². The molecule has 7 nitrogen and oxygen atoms in total. The van der Waals surface area contributed by atoms with E-state index >= 15 is 0 Å². The van der Waals surface area contributed by atoms with E-state index in [2.05, 4.69) is 38.6 Å². The number of thiophene rings is 1. The maximum atomic E-state index is 11.5. The number of nitrogens with one attached hydrogen (secondary N) is 2. The molecule has 3 aromatic heterocycles. The number of carbonyl (C=O) groups is 1. The zero-order valence-corrected chi connectivity index (χ0v) is 13.9. The highest BCUT2D eigenvalue weighted by Gasteiger charge is 2.17. The molecule has 122 valence electrons. The van der Waals surface area contributed by atoms with Crippen molar-refractivity contribution in [1.29, 1.82) is 0 Å². The molecule has 4 rings (SSSR count). The Balaban J connectivity index is 1.55. The van der Waals surface area contributed by atoms with Crippen molar-refractivity contribution in [2.45, 2.75) is 6.92 Å². The van der Waals surface area contributed by atoms with Gasteiger partial charge in [-0.3, -0.25) is 4.79 Å². The number of piperazine rings is 1. The topological polar surface area (TPSA) is 83.0 Å². The average molecular weight is 340 g/mol. The van der Waals surface area contributed by atoms with Gasteiger partial charge in [0.2, 0.25) is 5.91 Å². The molecule has 2 N–H and O–H groups in total. The quantitative estimate of drug-likeness (QED) is 0.759. The molecule has 0 spiro atoms. The van der Waals surface area contributed by atoms with Crippen molar-refractivity contribution in [2.75, 3.05) is 29.9 Å². The largest absolute Gasteiger partial charge is 0.353 e. The summed E-state index contributed by atoms with van der Waals surface area (Å²) in [6.07, 6.45) is 3.32. The van der Waals surface area contributed by atoms with Gasteiger partial charge in [-0.25, -0.2) is 15.0 Å². The highest BCUT2D eigenvalue weighted by atomic mass is 32.1. The smallest absolute Gasteiger partial charge is 0.239 e. The molecule has 1 saturated heterocycles. The first kappa shape index (κ1) is 14.8. The molecule has 8 heteroatoms. The fourth-order valence-corrected chi connectivity index (χ4v) is 3.54. The normalized spacial score (nSPS) is 14.7. The Labute approximate surface area is 142 Å². The minimum Gasteiger partial charge on any atom is -0.353 e. The Hall–Kier alpha value is -2.74. The van der Waals surface area contributed by atoms with Crippen LogP contribution >= 0.6 is 11.3 Å². The van der Waals surface area contributed by atoms with Gasteiger partial charge in [0.25, 0.3) is 0 Å². The van der Waals surface area contributed by atoms with E-state index in [1.165, 1.54) is 4.88 Å². The van der Waals surface area contributed by atoms with E-state index in [0.717, 1.165) is 34.1 Å². The van der Waals surface area contributed by atoms with E-state index in [-0.39, 0.29) is 5.91 Å². The third kappa shape index (κ3) is 2.88. The Kier molecular flexibility index (Phi) is 3.73. The third-order valence-corrected chi connectivity index (χ3v) is 4.78. The lowest BCUT2D eigenvalue weighted by Gasteiger charge is -2.27. The van der Waals surface area contributed by atoms with Crippen LogP contribution in [0.4, 0.5) is 17.3 Å². The van der Waals surface area contributed by atoms with Crippen molar-refractivity contribution in [2.24, 2.45) is 0 Å². The number of aromatic nitrogens is 3. The van der Waals surface area contributed by atoms with E-state index in [1.807, 2.05) is 17.0 Å². The standard InChI is InChI=1S/C16H16N6OS/c1-10-6-12-15(19-9-20-16(12)24-10)21-11-2-3-13(18-7-11)22-5-4-17-14(23)8-22/h2-3,6-7,9H,4-5,8H2,1H3,(H,17,23)(H,19,20,21). The SMILES string of the molecule is Cc1cc2c(Nc3ccc(N4CCNC(=O)C4)nc3)ncnc2s1. The number of pyridine rings is 1. The summed E-state index contributed by atoms with van der Waals surface area (Å²) in [5.74, 6) is 1.60. The van der Waals surface area contributed by atoms with Crippen LogP contribution < -0.4 is 15.5 Å². The molecule has 3 aromatic rings.